The Hall–Kier alpha value is -0.940. The van der Waals surface area contributed by atoms with Gasteiger partial charge in [0, 0.05) is 6.61 Å². The minimum atomic E-state index is -0.0171. The van der Waals surface area contributed by atoms with Crippen LogP contribution in [0.1, 0.15) is 24.2 Å². The maximum atomic E-state index is 5.83. The molecule has 0 saturated heterocycles. The maximum absolute atomic E-state index is 5.83. The molecule has 2 atom stereocenters. The Bertz CT molecular complexity index is 357. The second kappa shape index (κ2) is 6.12. The van der Waals surface area contributed by atoms with E-state index in [1.165, 1.54) is 11.1 Å². The van der Waals surface area contributed by atoms with E-state index in [2.05, 4.69) is 23.6 Å². The van der Waals surface area contributed by atoms with Gasteiger partial charge in [0.15, 0.2) is 0 Å². The van der Waals surface area contributed by atoms with Crippen LogP contribution in [0.3, 0.4) is 0 Å². The van der Waals surface area contributed by atoms with Crippen LogP contribution in [-0.4, -0.2) is 25.9 Å². The van der Waals surface area contributed by atoms with Gasteiger partial charge >= 0.3 is 0 Å². The van der Waals surface area contributed by atoms with E-state index >= 15 is 0 Å². The first-order valence-electron chi connectivity index (χ1n) is 6.10. The quantitative estimate of drug-likeness (QED) is 0.595. The number of nitrogens with two attached hydrogens (primary N) is 1. The highest BCUT2D eigenvalue weighted by atomic mass is 16.5. The fourth-order valence-electron chi connectivity index (χ4n) is 2.23. The van der Waals surface area contributed by atoms with E-state index in [9.17, 15) is 0 Å². The summed E-state index contributed by atoms with van der Waals surface area (Å²) >= 11 is 0. The zero-order chi connectivity index (χ0) is 12.1. The summed E-state index contributed by atoms with van der Waals surface area (Å²) in [6.45, 7) is 3.97. The molecule has 4 heteroatoms. The Morgan fingerprint density at radius 3 is 3.12 bits per heavy atom. The van der Waals surface area contributed by atoms with E-state index in [0.717, 1.165) is 13.0 Å². The van der Waals surface area contributed by atoms with Crippen molar-refractivity contribution < 1.29 is 9.47 Å². The molecule has 4 nitrogen and oxygen atoms in total. The number of hydrazine groups is 1. The maximum Gasteiger partial charge on any atom is 0.102 e. The van der Waals surface area contributed by atoms with Crippen molar-refractivity contribution in [3.05, 3.63) is 35.4 Å². The molecule has 0 aromatic heterocycles. The molecule has 0 bridgehead atoms. The van der Waals surface area contributed by atoms with E-state index in [1.54, 1.807) is 0 Å². The van der Waals surface area contributed by atoms with Gasteiger partial charge in [-0.3, -0.25) is 11.3 Å². The van der Waals surface area contributed by atoms with Gasteiger partial charge in [0.05, 0.1) is 19.3 Å². The fourth-order valence-corrected chi connectivity index (χ4v) is 2.23. The van der Waals surface area contributed by atoms with E-state index in [4.69, 9.17) is 15.3 Å². The lowest BCUT2D eigenvalue weighted by molar-refractivity contribution is -0.0121. The normalized spacial score (nSPS) is 20.9. The van der Waals surface area contributed by atoms with Crippen LogP contribution in [0, 0.1) is 0 Å². The van der Waals surface area contributed by atoms with E-state index in [1.807, 2.05) is 13.0 Å². The average Bonchev–Trinajstić information content (AvgIpc) is 2.40. The summed E-state index contributed by atoms with van der Waals surface area (Å²) in [6, 6.07) is 8.36. The lowest BCUT2D eigenvalue weighted by Crippen LogP contribution is -2.45. The number of ether oxygens (including phenoxy) is 2. The first-order valence-corrected chi connectivity index (χ1v) is 6.10. The third-order valence-corrected chi connectivity index (χ3v) is 3.11. The van der Waals surface area contributed by atoms with Gasteiger partial charge in [-0.1, -0.05) is 24.3 Å². The number of hydrogen-bond acceptors (Lipinski definition) is 4. The lowest BCUT2D eigenvalue weighted by Gasteiger charge is -2.31. The van der Waals surface area contributed by atoms with Crippen molar-refractivity contribution in [1.29, 1.82) is 0 Å². The number of nitrogens with one attached hydrogen (secondary N) is 1. The van der Waals surface area contributed by atoms with Crippen molar-refractivity contribution in [2.45, 2.75) is 25.5 Å². The Labute approximate surface area is 102 Å². The summed E-state index contributed by atoms with van der Waals surface area (Å²) < 4.78 is 11.3. The zero-order valence-electron chi connectivity index (χ0n) is 10.2. The van der Waals surface area contributed by atoms with Crippen LogP contribution in [-0.2, 0) is 15.9 Å². The highest BCUT2D eigenvalue weighted by molar-refractivity contribution is 5.31. The smallest absolute Gasteiger partial charge is 0.102 e. The number of rotatable bonds is 5. The summed E-state index contributed by atoms with van der Waals surface area (Å²) in [5, 5.41) is 0. The molecule has 0 fully saturated rings. The molecule has 0 aliphatic carbocycles. The number of hydrogen-bond donors (Lipinski definition) is 2. The Balaban J connectivity index is 2.15. The van der Waals surface area contributed by atoms with Crippen LogP contribution in [0.4, 0.5) is 0 Å². The topological polar surface area (TPSA) is 56.5 Å². The van der Waals surface area contributed by atoms with Crippen LogP contribution < -0.4 is 11.3 Å². The predicted molar refractivity (Wildman–Crippen MR) is 66.4 cm³/mol. The molecule has 0 radical (unpaired) electrons. The lowest BCUT2D eigenvalue weighted by atomic mass is 9.94. The van der Waals surface area contributed by atoms with Crippen LogP contribution >= 0.6 is 0 Å². The Kier molecular flexibility index (Phi) is 4.50. The molecular formula is C13H20N2O2. The monoisotopic (exact) mass is 236 g/mol. The predicted octanol–water partition coefficient (Wildman–Crippen LogP) is 1.17. The molecule has 1 heterocycles. The molecule has 1 aliphatic rings. The molecule has 0 saturated carbocycles. The summed E-state index contributed by atoms with van der Waals surface area (Å²) in [4.78, 5) is 0. The number of fused-ring (bicyclic) bond motifs is 1. The molecule has 94 valence electrons. The van der Waals surface area contributed by atoms with Gasteiger partial charge in [-0.2, -0.15) is 0 Å². The van der Waals surface area contributed by atoms with Gasteiger partial charge < -0.3 is 9.47 Å². The summed E-state index contributed by atoms with van der Waals surface area (Å²) in [5.74, 6) is 5.59. The van der Waals surface area contributed by atoms with Crippen molar-refractivity contribution in [2.24, 2.45) is 5.84 Å². The van der Waals surface area contributed by atoms with Crippen LogP contribution in [0.2, 0.25) is 0 Å². The molecule has 0 spiro atoms. The molecule has 3 N–H and O–H groups in total. The van der Waals surface area contributed by atoms with Crippen molar-refractivity contribution >= 4 is 0 Å². The first kappa shape index (κ1) is 12.5. The minimum absolute atomic E-state index is 0.00333. The minimum Gasteiger partial charge on any atom is -0.380 e. The summed E-state index contributed by atoms with van der Waals surface area (Å²) in [5.41, 5.74) is 5.37. The SMILES string of the molecule is CCOCC(NN)C1OCCc2ccccc21. The van der Waals surface area contributed by atoms with Gasteiger partial charge in [-0.15, -0.1) is 0 Å². The van der Waals surface area contributed by atoms with Crippen LogP contribution in [0.5, 0.6) is 0 Å². The van der Waals surface area contributed by atoms with Gasteiger partial charge in [-0.25, -0.2) is 0 Å². The first-order chi connectivity index (χ1) is 8.36. The largest absolute Gasteiger partial charge is 0.380 e. The average molecular weight is 236 g/mol. The summed E-state index contributed by atoms with van der Waals surface area (Å²) in [7, 11) is 0. The molecule has 2 unspecified atom stereocenters. The third kappa shape index (κ3) is 2.84. The van der Waals surface area contributed by atoms with Gasteiger partial charge in [-0.05, 0) is 24.5 Å². The third-order valence-electron chi connectivity index (χ3n) is 3.11. The highest BCUT2D eigenvalue weighted by Crippen LogP contribution is 2.29. The van der Waals surface area contributed by atoms with Gasteiger partial charge in [0.2, 0.25) is 0 Å². The molecule has 17 heavy (non-hydrogen) atoms. The van der Waals surface area contributed by atoms with Gasteiger partial charge in [0.1, 0.15) is 6.10 Å². The van der Waals surface area contributed by atoms with Crippen LogP contribution in [0.15, 0.2) is 24.3 Å². The van der Waals surface area contributed by atoms with Gasteiger partial charge in [0.25, 0.3) is 0 Å². The molecule has 2 rings (SSSR count). The van der Waals surface area contributed by atoms with E-state index < -0.39 is 0 Å². The van der Waals surface area contributed by atoms with Crippen molar-refractivity contribution in [3.8, 4) is 0 Å². The standard InChI is InChI=1S/C13H20N2O2/c1-2-16-9-12(15-14)13-11-6-4-3-5-10(11)7-8-17-13/h3-6,12-13,15H,2,7-9,14H2,1H3. The van der Waals surface area contributed by atoms with E-state index in [0.29, 0.717) is 13.2 Å². The summed E-state index contributed by atoms with van der Waals surface area (Å²) in [6.07, 6.45) is 0.954. The molecule has 1 aromatic rings. The molecule has 0 amide bonds. The van der Waals surface area contributed by atoms with E-state index in [-0.39, 0.29) is 12.1 Å². The molecule has 1 aromatic carbocycles. The second-order valence-corrected chi connectivity index (χ2v) is 4.17. The van der Waals surface area contributed by atoms with Crippen molar-refractivity contribution in [3.63, 3.8) is 0 Å². The molecule has 1 aliphatic heterocycles. The Morgan fingerprint density at radius 2 is 2.35 bits per heavy atom. The highest BCUT2D eigenvalue weighted by Gasteiger charge is 2.28. The zero-order valence-corrected chi connectivity index (χ0v) is 10.2. The fraction of sp³-hybridized carbons (Fsp3) is 0.538. The van der Waals surface area contributed by atoms with Crippen LogP contribution in [0.25, 0.3) is 0 Å². The number of benzene rings is 1. The van der Waals surface area contributed by atoms with Crippen molar-refractivity contribution in [1.82, 2.24) is 5.43 Å². The Morgan fingerprint density at radius 1 is 1.53 bits per heavy atom. The second-order valence-electron chi connectivity index (χ2n) is 4.17. The van der Waals surface area contributed by atoms with Crippen molar-refractivity contribution in [2.75, 3.05) is 19.8 Å². The molecular weight excluding hydrogens is 216 g/mol.